The van der Waals surface area contributed by atoms with Crippen molar-refractivity contribution < 1.29 is 14.3 Å². The van der Waals surface area contributed by atoms with E-state index in [9.17, 15) is 9.59 Å². The summed E-state index contributed by atoms with van der Waals surface area (Å²) in [7, 11) is 1.60. The molecule has 2 amide bonds. The first-order chi connectivity index (χ1) is 14.0. The average molecular weight is 417 g/mol. The molecule has 156 valence electrons. The molecule has 29 heavy (non-hydrogen) atoms. The van der Waals surface area contributed by atoms with Gasteiger partial charge in [-0.2, -0.15) is 0 Å². The minimum atomic E-state index is -0.496. The summed E-state index contributed by atoms with van der Waals surface area (Å²) in [6, 6.07) is 14.6. The number of carbonyl (C=O) groups excluding carboxylic acids is 2. The fourth-order valence-corrected chi connectivity index (χ4v) is 3.27. The van der Waals surface area contributed by atoms with Crippen LogP contribution in [0.1, 0.15) is 37.3 Å². The van der Waals surface area contributed by atoms with E-state index in [4.69, 9.17) is 16.3 Å². The lowest BCUT2D eigenvalue weighted by atomic mass is 10.1. The zero-order valence-corrected chi connectivity index (χ0v) is 18.0. The van der Waals surface area contributed by atoms with E-state index in [1.165, 1.54) is 0 Å². The number of halogens is 1. The Morgan fingerprint density at radius 1 is 1.14 bits per heavy atom. The van der Waals surface area contributed by atoms with E-state index >= 15 is 0 Å². The summed E-state index contributed by atoms with van der Waals surface area (Å²) in [4.78, 5) is 27.1. The molecular formula is C23H29ClN2O3. The number of benzene rings is 2. The second-order valence-corrected chi connectivity index (χ2v) is 7.33. The average Bonchev–Trinajstić information content (AvgIpc) is 2.73. The smallest absolute Gasteiger partial charge is 0.242 e. The monoisotopic (exact) mass is 416 g/mol. The molecule has 0 aliphatic heterocycles. The number of likely N-dealkylation sites (N-methyl/N-ethyl adjacent to an activating group) is 1. The van der Waals surface area contributed by atoms with Gasteiger partial charge in [0.1, 0.15) is 11.8 Å². The molecule has 0 radical (unpaired) electrons. The molecule has 0 saturated heterocycles. The maximum atomic E-state index is 13.0. The number of amides is 2. The largest absolute Gasteiger partial charge is 0.494 e. The van der Waals surface area contributed by atoms with Crippen LogP contribution in [0.2, 0.25) is 5.02 Å². The highest BCUT2D eigenvalue weighted by Gasteiger charge is 2.27. The second kappa shape index (κ2) is 11.5. The van der Waals surface area contributed by atoms with Gasteiger partial charge in [-0.15, -0.1) is 0 Å². The van der Waals surface area contributed by atoms with E-state index in [1.54, 1.807) is 36.2 Å². The maximum Gasteiger partial charge on any atom is 0.242 e. The zero-order valence-electron chi connectivity index (χ0n) is 17.3. The highest BCUT2D eigenvalue weighted by atomic mass is 35.5. The Kier molecular flexibility index (Phi) is 9.00. The Morgan fingerprint density at radius 2 is 1.83 bits per heavy atom. The molecule has 2 aromatic rings. The Balaban J connectivity index is 2.02. The van der Waals surface area contributed by atoms with Crippen molar-refractivity contribution >= 4 is 23.4 Å². The van der Waals surface area contributed by atoms with Crippen molar-refractivity contribution in [2.75, 3.05) is 13.7 Å². The van der Waals surface area contributed by atoms with Gasteiger partial charge in [-0.05, 0) is 55.2 Å². The number of ether oxygens (including phenoxy) is 1. The Hall–Kier alpha value is -2.53. The first kappa shape index (κ1) is 22.8. The predicted octanol–water partition coefficient (Wildman–Crippen LogP) is 4.36. The normalized spacial score (nSPS) is 11.6. The minimum absolute atomic E-state index is 0.0524. The number of hydrogen-bond acceptors (Lipinski definition) is 3. The zero-order chi connectivity index (χ0) is 21.2. The third-order valence-electron chi connectivity index (χ3n) is 4.85. The van der Waals surface area contributed by atoms with Crippen molar-refractivity contribution in [1.29, 1.82) is 0 Å². The minimum Gasteiger partial charge on any atom is -0.494 e. The van der Waals surface area contributed by atoms with E-state index in [1.807, 2.05) is 38.1 Å². The fraction of sp³-hybridized carbons (Fsp3) is 0.391. The van der Waals surface area contributed by atoms with Crippen molar-refractivity contribution in [3.05, 3.63) is 64.7 Å². The Labute approximate surface area is 178 Å². The molecule has 0 aliphatic carbocycles. The molecule has 2 rings (SSSR count). The van der Waals surface area contributed by atoms with Gasteiger partial charge in [0.05, 0.1) is 6.61 Å². The van der Waals surface area contributed by atoms with E-state index < -0.39 is 6.04 Å². The van der Waals surface area contributed by atoms with Gasteiger partial charge in [-0.25, -0.2) is 0 Å². The SMILES string of the molecule is CCC(C(=O)NC)N(Cc1ccccc1C)C(=O)CCCOc1ccc(Cl)cc1. The van der Waals surface area contributed by atoms with Crippen molar-refractivity contribution in [3.8, 4) is 5.75 Å². The summed E-state index contributed by atoms with van der Waals surface area (Å²) in [5, 5.41) is 3.33. The summed E-state index contributed by atoms with van der Waals surface area (Å²) in [6.45, 7) is 4.76. The van der Waals surface area contributed by atoms with Crippen LogP contribution in [-0.2, 0) is 16.1 Å². The molecule has 0 heterocycles. The molecule has 1 atom stereocenters. The molecule has 6 heteroatoms. The number of nitrogens with zero attached hydrogens (tertiary/aromatic N) is 1. The molecule has 0 spiro atoms. The van der Waals surface area contributed by atoms with Crippen LogP contribution in [0.3, 0.4) is 0 Å². The molecule has 5 nitrogen and oxygen atoms in total. The number of aryl methyl sites for hydroxylation is 1. The molecule has 1 N–H and O–H groups in total. The van der Waals surface area contributed by atoms with Gasteiger partial charge < -0.3 is 15.0 Å². The van der Waals surface area contributed by atoms with Crippen molar-refractivity contribution in [2.45, 2.75) is 45.7 Å². The van der Waals surface area contributed by atoms with Crippen molar-refractivity contribution in [3.63, 3.8) is 0 Å². The van der Waals surface area contributed by atoms with Gasteiger partial charge >= 0.3 is 0 Å². The van der Waals surface area contributed by atoms with Crippen LogP contribution in [0.25, 0.3) is 0 Å². The molecule has 1 unspecified atom stereocenters. The Bertz CT molecular complexity index is 808. The molecule has 0 bridgehead atoms. The van der Waals surface area contributed by atoms with Gasteiger partial charge in [0.2, 0.25) is 11.8 Å². The van der Waals surface area contributed by atoms with Crippen LogP contribution in [0.5, 0.6) is 5.75 Å². The van der Waals surface area contributed by atoms with Crippen molar-refractivity contribution in [1.82, 2.24) is 10.2 Å². The molecule has 0 fully saturated rings. The molecular weight excluding hydrogens is 388 g/mol. The van der Waals surface area contributed by atoms with Crippen molar-refractivity contribution in [2.24, 2.45) is 0 Å². The van der Waals surface area contributed by atoms with E-state index in [0.717, 1.165) is 16.9 Å². The summed E-state index contributed by atoms with van der Waals surface area (Å²) < 4.78 is 5.68. The number of carbonyl (C=O) groups is 2. The van der Waals surface area contributed by atoms with Gasteiger partial charge in [0, 0.05) is 25.0 Å². The van der Waals surface area contributed by atoms with Gasteiger partial charge in [-0.3, -0.25) is 9.59 Å². The van der Waals surface area contributed by atoms with Crippen LogP contribution in [0.15, 0.2) is 48.5 Å². The fourth-order valence-electron chi connectivity index (χ4n) is 3.14. The third-order valence-corrected chi connectivity index (χ3v) is 5.10. The van der Waals surface area contributed by atoms with Crippen LogP contribution in [0, 0.1) is 6.92 Å². The first-order valence-electron chi connectivity index (χ1n) is 9.90. The van der Waals surface area contributed by atoms with Gasteiger partial charge in [-0.1, -0.05) is 42.8 Å². The number of rotatable bonds is 10. The first-order valence-corrected chi connectivity index (χ1v) is 10.3. The van der Waals surface area contributed by atoms with E-state index in [0.29, 0.717) is 37.4 Å². The lowest BCUT2D eigenvalue weighted by molar-refractivity contribution is -0.141. The van der Waals surface area contributed by atoms with Crippen LogP contribution in [0.4, 0.5) is 0 Å². The number of nitrogens with one attached hydrogen (secondary N) is 1. The lowest BCUT2D eigenvalue weighted by Gasteiger charge is -2.30. The Morgan fingerprint density at radius 3 is 2.45 bits per heavy atom. The predicted molar refractivity (Wildman–Crippen MR) is 116 cm³/mol. The summed E-state index contributed by atoms with van der Waals surface area (Å²) >= 11 is 5.87. The van der Waals surface area contributed by atoms with Crippen LogP contribution < -0.4 is 10.1 Å². The molecule has 0 aliphatic rings. The molecule has 0 aromatic heterocycles. The van der Waals surface area contributed by atoms with Gasteiger partial charge in [0.25, 0.3) is 0 Å². The standard InChI is InChI=1S/C23H29ClN2O3/c1-4-21(23(28)25-3)26(16-18-9-6-5-8-17(18)2)22(27)10-7-15-29-20-13-11-19(24)12-14-20/h5-6,8-9,11-14,21H,4,7,10,15-16H2,1-3H3,(H,25,28). The highest BCUT2D eigenvalue weighted by Crippen LogP contribution is 2.18. The number of hydrogen-bond donors (Lipinski definition) is 1. The third kappa shape index (κ3) is 6.79. The topological polar surface area (TPSA) is 58.6 Å². The summed E-state index contributed by atoms with van der Waals surface area (Å²) in [5.41, 5.74) is 2.14. The lowest BCUT2D eigenvalue weighted by Crippen LogP contribution is -2.48. The van der Waals surface area contributed by atoms with Gasteiger partial charge in [0.15, 0.2) is 0 Å². The molecule has 0 saturated carbocycles. The quantitative estimate of drug-likeness (QED) is 0.585. The summed E-state index contributed by atoms with van der Waals surface area (Å²) in [5.74, 6) is 0.519. The van der Waals surface area contributed by atoms with E-state index in [-0.39, 0.29) is 11.8 Å². The highest BCUT2D eigenvalue weighted by molar-refractivity contribution is 6.30. The maximum absolute atomic E-state index is 13.0. The van der Waals surface area contributed by atoms with E-state index in [2.05, 4.69) is 5.32 Å². The molecule has 2 aromatic carbocycles. The summed E-state index contributed by atoms with van der Waals surface area (Å²) in [6.07, 6.45) is 1.43. The second-order valence-electron chi connectivity index (χ2n) is 6.89. The van der Waals surface area contributed by atoms with Crippen LogP contribution in [-0.4, -0.2) is 36.4 Å². The van der Waals surface area contributed by atoms with Crippen LogP contribution >= 0.6 is 11.6 Å².